The van der Waals surface area contributed by atoms with Gasteiger partial charge in [-0.05, 0) is 19.8 Å². The molecule has 0 fully saturated rings. The average molecular weight is 242 g/mol. The molecular weight excluding hydrogens is 220 g/mol. The van der Waals surface area contributed by atoms with Crippen molar-refractivity contribution in [2.45, 2.75) is 52.7 Å². The molecule has 1 aromatic heterocycles. The van der Waals surface area contributed by atoms with E-state index in [0.717, 1.165) is 36.6 Å². The predicted octanol–water partition coefficient (Wildman–Crippen LogP) is 3.04. The first-order valence-electron chi connectivity index (χ1n) is 6.06. The number of hydrogen-bond donors (Lipinski definition) is 1. The van der Waals surface area contributed by atoms with Gasteiger partial charge in [-0.25, -0.2) is 4.98 Å². The van der Waals surface area contributed by atoms with Crippen LogP contribution in [-0.4, -0.2) is 11.6 Å². The van der Waals surface area contributed by atoms with E-state index in [1.165, 1.54) is 4.88 Å². The number of ether oxygens (including phenoxy) is 1. The maximum atomic E-state index is 5.73. The molecule has 92 valence electrons. The summed E-state index contributed by atoms with van der Waals surface area (Å²) in [6, 6.07) is 0. The molecule has 0 aliphatic rings. The Labute approximate surface area is 102 Å². The fraction of sp³-hybridized carbons (Fsp3) is 0.750. The normalized spacial score (nSPS) is 13.0. The van der Waals surface area contributed by atoms with Crippen LogP contribution in [0.3, 0.4) is 0 Å². The van der Waals surface area contributed by atoms with Gasteiger partial charge in [0.15, 0.2) is 0 Å². The Bertz CT molecular complexity index is 284. The van der Waals surface area contributed by atoms with Crippen molar-refractivity contribution in [2.24, 2.45) is 5.73 Å². The number of nitrogens with zero attached hydrogens (tertiary/aromatic N) is 1. The zero-order valence-electron chi connectivity index (χ0n) is 10.5. The van der Waals surface area contributed by atoms with Crippen LogP contribution in [0.25, 0.3) is 0 Å². The Morgan fingerprint density at radius 1 is 1.38 bits per heavy atom. The van der Waals surface area contributed by atoms with E-state index in [1.807, 2.05) is 6.92 Å². The van der Waals surface area contributed by atoms with Crippen LogP contribution in [0, 0.1) is 0 Å². The molecule has 0 saturated carbocycles. The molecule has 1 rings (SSSR count). The highest BCUT2D eigenvalue weighted by Gasteiger charge is 2.17. The van der Waals surface area contributed by atoms with Gasteiger partial charge in [-0.3, -0.25) is 0 Å². The fourth-order valence-electron chi connectivity index (χ4n) is 1.72. The highest BCUT2D eigenvalue weighted by Crippen LogP contribution is 2.29. The first-order chi connectivity index (χ1) is 7.76. The Kier molecular flexibility index (Phi) is 5.95. The number of nitrogens with two attached hydrogens (primary N) is 1. The van der Waals surface area contributed by atoms with Gasteiger partial charge in [0, 0.05) is 18.0 Å². The molecule has 0 saturated heterocycles. The van der Waals surface area contributed by atoms with Crippen LogP contribution in [0.5, 0.6) is 0 Å². The summed E-state index contributed by atoms with van der Waals surface area (Å²) >= 11 is 1.71. The van der Waals surface area contributed by atoms with Crippen molar-refractivity contribution in [3.05, 3.63) is 15.6 Å². The first-order valence-corrected chi connectivity index (χ1v) is 6.88. The molecule has 1 atom stereocenters. The zero-order chi connectivity index (χ0) is 12.0. The SMILES string of the molecule is CCCC(OCC)c1nc(CC)c(CN)s1. The summed E-state index contributed by atoms with van der Waals surface area (Å²) in [5.74, 6) is 0. The van der Waals surface area contributed by atoms with E-state index in [1.54, 1.807) is 11.3 Å². The van der Waals surface area contributed by atoms with E-state index in [0.29, 0.717) is 6.54 Å². The van der Waals surface area contributed by atoms with Crippen LogP contribution in [0.15, 0.2) is 0 Å². The molecule has 1 aromatic rings. The van der Waals surface area contributed by atoms with Crippen molar-refractivity contribution in [1.29, 1.82) is 0 Å². The van der Waals surface area contributed by atoms with Crippen molar-refractivity contribution in [3.8, 4) is 0 Å². The maximum absolute atomic E-state index is 5.73. The number of rotatable bonds is 7. The Balaban J connectivity index is 2.86. The molecule has 3 nitrogen and oxygen atoms in total. The Morgan fingerprint density at radius 2 is 2.12 bits per heavy atom. The van der Waals surface area contributed by atoms with Crippen LogP contribution >= 0.6 is 11.3 Å². The van der Waals surface area contributed by atoms with Crippen molar-refractivity contribution in [1.82, 2.24) is 4.98 Å². The van der Waals surface area contributed by atoms with E-state index >= 15 is 0 Å². The lowest BCUT2D eigenvalue weighted by molar-refractivity contribution is 0.0554. The Morgan fingerprint density at radius 3 is 2.56 bits per heavy atom. The minimum atomic E-state index is 0.158. The van der Waals surface area contributed by atoms with Crippen molar-refractivity contribution < 1.29 is 4.74 Å². The van der Waals surface area contributed by atoms with Crippen LogP contribution in [0.2, 0.25) is 0 Å². The highest BCUT2D eigenvalue weighted by molar-refractivity contribution is 7.11. The zero-order valence-corrected chi connectivity index (χ0v) is 11.3. The molecule has 0 aliphatic heterocycles. The smallest absolute Gasteiger partial charge is 0.122 e. The molecule has 0 bridgehead atoms. The summed E-state index contributed by atoms with van der Waals surface area (Å²) in [6.07, 6.45) is 3.26. The lowest BCUT2D eigenvalue weighted by atomic mass is 10.2. The van der Waals surface area contributed by atoms with Crippen molar-refractivity contribution in [3.63, 3.8) is 0 Å². The van der Waals surface area contributed by atoms with E-state index in [2.05, 4.69) is 18.8 Å². The first kappa shape index (κ1) is 13.6. The van der Waals surface area contributed by atoms with Crippen LogP contribution in [0.1, 0.15) is 55.3 Å². The predicted molar refractivity (Wildman–Crippen MR) is 68.7 cm³/mol. The minimum absolute atomic E-state index is 0.158. The lowest BCUT2D eigenvalue weighted by Gasteiger charge is -2.12. The van der Waals surface area contributed by atoms with E-state index in [9.17, 15) is 0 Å². The number of aryl methyl sites for hydroxylation is 1. The van der Waals surface area contributed by atoms with Crippen LogP contribution in [0.4, 0.5) is 0 Å². The van der Waals surface area contributed by atoms with E-state index in [4.69, 9.17) is 10.5 Å². The van der Waals surface area contributed by atoms with Gasteiger partial charge in [0.05, 0.1) is 5.69 Å². The van der Waals surface area contributed by atoms with E-state index in [-0.39, 0.29) is 6.10 Å². The number of thiazole rings is 1. The topological polar surface area (TPSA) is 48.1 Å². The van der Waals surface area contributed by atoms with Gasteiger partial charge in [0.2, 0.25) is 0 Å². The standard InChI is InChI=1S/C12H22N2OS/c1-4-7-10(15-6-3)12-14-9(5-2)11(8-13)16-12/h10H,4-8,13H2,1-3H3. The van der Waals surface area contributed by atoms with Gasteiger partial charge < -0.3 is 10.5 Å². The highest BCUT2D eigenvalue weighted by atomic mass is 32.1. The van der Waals surface area contributed by atoms with Gasteiger partial charge in [-0.1, -0.05) is 20.3 Å². The molecule has 4 heteroatoms. The van der Waals surface area contributed by atoms with Gasteiger partial charge >= 0.3 is 0 Å². The number of aromatic nitrogens is 1. The van der Waals surface area contributed by atoms with Gasteiger partial charge in [-0.2, -0.15) is 0 Å². The lowest BCUT2D eigenvalue weighted by Crippen LogP contribution is -2.03. The third-order valence-corrected chi connectivity index (χ3v) is 3.72. The molecule has 16 heavy (non-hydrogen) atoms. The molecule has 1 heterocycles. The second kappa shape index (κ2) is 6.99. The van der Waals surface area contributed by atoms with Gasteiger partial charge in [-0.15, -0.1) is 11.3 Å². The molecule has 1 unspecified atom stereocenters. The quantitative estimate of drug-likeness (QED) is 0.799. The third kappa shape index (κ3) is 3.27. The summed E-state index contributed by atoms with van der Waals surface area (Å²) in [6.45, 7) is 7.65. The van der Waals surface area contributed by atoms with Crippen LogP contribution < -0.4 is 5.73 Å². The molecule has 0 amide bonds. The summed E-state index contributed by atoms with van der Waals surface area (Å²) in [7, 11) is 0. The average Bonchev–Trinajstić information content (AvgIpc) is 2.71. The second-order valence-electron chi connectivity index (χ2n) is 3.71. The number of hydrogen-bond acceptors (Lipinski definition) is 4. The van der Waals surface area contributed by atoms with E-state index < -0.39 is 0 Å². The minimum Gasteiger partial charge on any atom is -0.371 e. The largest absolute Gasteiger partial charge is 0.371 e. The summed E-state index contributed by atoms with van der Waals surface area (Å²) in [5.41, 5.74) is 6.86. The van der Waals surface area contributed by atoms with Gasteiger partial charge in [0.1, 0.15) is 11.1 Å². The monoisotopic (exact) mass is 242 g/mol. The fourth-order valence-corrected chi connectivity index (χ4v) is 2.83. The Hall–Kier alpha value is -0.450. The molecule has 0 spiro atoms. The molecule has 0 aliphatic carbocycles. The van der Waals surface area contributed by atoms with Crippen molar-refractivity contribution >= 4 is 11.3 Å². The summed E-state index contributed by atoms with van der Waals surface area (Å²) in [4.78, 5) is 5.86. The summed E-state index contributed by atoms with van der Waals surface area (Å²) in [5, 5.41) is 1.10. The third-order valence-electron chi connectivity index (χ3n) is 2.51. The van der Waals surface area contributed by atoms with Crippen molar-refractivity contribution in [2.75, 3.05) is 6.61 Å². The molecule has 2 N–H and O–H groups in total. The van der Waals surface area contributed by atoms with Crippen LogP contribution in [-0.2, 0) is 17.7 Å². The summed E-state index contributed by atoms with van der Waals surface area (Å²) < 4.78 is 5.73. The molecule has 0 aromatic carbocycles. The molecular formula is C12H22N2OS. The second-order valence-corrected chi connectivity index (χ2v) is 4.83. The molecule has 0 radical (unpaired) electrons. The van der Waals surface area contributed by atoms with Gasteiger partial charge in [0.25, 0.3) is 0 Å². The maximum Gasteiger partial charge on any atom is 0.122 e.